The van der Waals surface area contributed by atoms with E-state index < -0.39 is 0 Å². The van der Waals surface area contributed by atoms with Gasteiger partial charge < -0.3 is 8.83 Å². The van der Waals surface area contributed by atoms with E-state index in [1.54, 1.807) is 0 Å². The van der Waals surface area contributed by atoms with E-state index in [0.29, 0.717) is 23.4 Å². The highest BCUT2D eigenvalue weighted by Gasteiger charge is 2.19. The molecule has 0 radical (unpaired) electrons. The molecule has 3 aromatic heterocycles. The van der Waals surface area contributed by atoms with Crippen molar-refractivity contribution in [3.8, 4) is 45.6 Å². The molecule has 5 aromatic carbocycles. The van der Waals surface area contributed by atoms with Crippen LogP contribution in [0.3, 0.4) is 0 Å². The molecule has 0 saturated carbocycles. The van der Waals surface area contributed by atoms with Crippen molar-refractivity contribution >= 4 is 33.0 Å². The van der Waals surface area contributed by atoms with Gasteiger partial charge in [0.25, 0.3) is 0 Å². The number of furan rings is 1. The number of hydrogen-bond donors (Lipinski definition) is 0. The van der Waals surface area contributed by atoms with Crippen molar-refractivity contribution in [1.82, 2.24) is 19.9 Å². The highest BCUT2D eigenvalue weighted by molar-refractivity contribution is 6.12. The number of hydrogen-bond acceptors (Lipinski definition) is 6. The Balaban J connectivity index is 1.32. The van der Waals surface area contributed by atoms with E-state index in [4.69, 9.17) is 23.8 Å². The van der Waals surface area contributed by atoms with Crippen LogP contribution in [-0.2, 0) is 0 Å². The Hall–Kier alpha value is -5.62. The predicted octanol–water partition coefficient (Wildman–Crippen LogP) is 8.58. The fourth-order valence-corrected chi connectivity index (χ4v) is 5.07. The van der Waals surface area contributed by atoms with Gasteiger partial charge in [-0.25, -0.2) is 19.9 Å². The third-order valence-electron chi connectivity index (χ3n) is 6.98. The summed E-state index contributed by atoms with van der Waals surface area (Å²) in [5, 5.41) is 1.92. The molecule has 0 atom stereocenters. The summed E-state index contributed by atoms with van der Waals surface area (Å²) in [6, 6.07) is 39.7. The van der Waals surface area contributed by atoms with Gasteiger partial charge in [-0.2, -0.15) is 0 Å². The number of fused-ring (bicyclic) bond motifs is 4. The molecule has 8 aromatic rings. The number of benzene rings is 5. The zero-order valence-electron chi connectivity index (χ0n) is 21.2. The topological polar surface area (TPSA) is 77.8 Å². The maximum absolute atomic E-state index is 6.34. The van der Waals surface area contributed by atoms with Gasteiger partial charge in [0.2, 0.25) is 5.89 Å². The molecule has 188 valence electrons. The van der Waals surface area contributed by atoms with E-state index in [9.17, 15) is 0 Å². The number of nitrogens with zero attached hydrogens (tertiary/aromatic N) is 4. The van der Waals surface area contributed by atoms with E-state index >= 15 is 0 Å². The van der Waals surface area contributed by atoms with Gasteiger partial charge in [-0.1, -0.05) is 84.9 Å². The normalized spacial score (nSPS) is 11.5. The average Bonchev–Trinajstić information content (AvgIpc) is 3.63. The maximum atomic E-state index is 6.34. The highest BCUT2D eigenvalue weighted by Crippen LogP contribution is 2.38. The average molecular weight is 517 g/mol. The third kappa shape index (κ3) is 3.74. The Kier molecular flexibility index (Phi) is 5.03. The molecule has 0 spiro atoms. The van der Waals surface area contributed by atoms with Gasteiger partial charge in [-0.3, -0.25) is 0 Å². The lowest BCUT2D eigenvalue weighted by molar-refractivity contribution is 0.619. The second-order valence-electron chi connectivity index (χ2n) is 9.52. The molecule has 0 aliphatic heterocycles. The summed E-state index contributed by atoms with van der Waals surface area (Å²) < 4.78 is 12.3. The first-order chi connectivity index (χ1) is 19.8. The fraction of sp³-hybridized carbons (Fsp3) is 0. The molecule has 0 fully saturated rings. The zero-order valence-corrected chi connectivity index (χ0v) is 21.2. The molecule has 0 unspecified atom stereocenters. The molecule has 0 bridgehead atoms. The zero-order chi connectivity index (χ0) is 26.5. The van der Waals surface area contributed by atoms with Crippen LogP contribution in [0.2, 0.25) is 0 Å². The van der Waals surface area contributed by atoms with Gasteiger partial charge in [-0.05, 0) is 36.4 Å². The molecular weight excluding hydrogens is 496 g/mol. The molecule has 0 aliphatic carbocycles. The predicted molar refractivity (Wildman–Crippen MR) is 156 cm³/mol. The Morgan fingerprint density at radius 3 is 1.80 bits per heavy atom. The molecule has 0 amide bonds. The van der Waals surface area contributed by atoms with Gasteiger partial charge in [0.1, 0.15) is 16.7 Å². The Labute approximate surface area is 228 Å². The van der Waals surface area contributed by atoms with Crippen molar-refractivity contribution in [2.45, 2.75) is 0 Å². The van der Waals surface area contributed by atoms with E-state index in [2.05, 4.69) is 4.98 Å². The number of aromatic nitrogens is 4. The Morgan fingerprint density at radius 2 is 1.07 bits per heavy atom. The number of para-hydroxylation sites is 2. The van der Waals surface area contributed by atoms with Crippen LogP contribution >= 0.6 is 0 Å². The van der Waals surface area contributed by atoms with Gasteiger partial charge in [0.05, 0.1) is 0 Å². The summed E-state index contributed by atoms with van der Waals surface area (Å²) in [5.74, 6) is 2.38. The van der Waals surface area contributed by atoms with Crippen LogP contribution in [0, 0.1) is 0 Å². The number of oxazole rings is 1. The minimum atomic E-state index is 0.557. The molecule has 0 aliphatic rings. The molecule has 40 heavy (non-hydrogen) atoms. The summed E-state index contributed by atoms with van der Waals surface area (Å²) in [4.78, 5) is 19.4. The lowest BCUT2D eigenvalue weighted by atomic mass is 10.0. The molecule has 6 nitrogen and oxygen atoms in total. The first-order valence-electron chi connectivity index (χ1n) is 13.0. The van der Waals surface area contributed by atoms with E-state index in [1.807, 2.05) is 121 Å². The summed E-state index contributed by atoms with van der Waals surface area (Å²) in [6.45, 7) is 0. The summed E-state index contributed by atoms with van der Waals surface area (Å²) in [6.07, 6.45) is 0. The summed E-state index contributed by atoms with van der Waals surface area (Å²) in [5.41, 5.74) is 6.65. The van der Waals surface area contributed by atoms with Crippen molar-refractivity contribution in [3.05, 3.63) is 121 Å². The minimum absolute atomic E-state index is 0.557. The monoisotopic (exact) mass is 516 g/mol. The molecule has 3 heterocycles. The molecule has 6 heteroatoms. The highest BCUT2D eigenvalue weighted by atomic mass is 16.3. The van der Waals surface area contributed by atoms with Crippen molar-refractivity contribution in [1.29, 1.82) is 0 Å². The van der Waals surface area contributed by atoms with Gasteiger partial charge in [0.15, 0.2) is 23.1 Å². The fourth-order valence-electron chi connectivity index (χ4n) is 5.07. The molecular formula is C34H20N4O2. The first-order valence-corrected chi connectivity index (χ1v) is 13.0. The van der Waals surface area contributed by atoms with E-state index in [1.165, 1.54) is 0 Å². The first kappa shape index (κ1) is 22.4. The second kappa shape index (κ2) is 8.99. The van der Waals surface area contributed by atoms with Crippen molar-refractivity contribution in [2.24, 2.45) is 0 Å². The molecule has 8 rings (SSSR count). The lowest BCUT2D eigenvalue weighted by Crippen LogP contribution is -2.00. The van der Waals surface area contributed by atoms with Crippen molar-refractivity contribution in [2.75, 3.05) is 0 Å². The molecule has 0 saturated heterocycles. The third-order valence-corrected chi connectivity index (χ3v) is 6.98. The second-order valence-corrected chi connectivity index (χ2v) is 9.52. The smallest absolute Gasteiger partial charge is 0.227 e. The standard InChI is InChI=1S/C34H20N4O2/c1-3-10-21(11-4-1)31-36-32(22-12-5-2-6-13-22)38-33(37-31)25-14-9-17-28-30(25)24-19-18-23(20-29(24)39-28)34-35-26-15-7-8-16-27(26)40-34/h1-20H. The van der Waals surface area contributed by atoms with Gasteiger partial charge >= 0.3 is 0 Å². The quantitative estimate of drug-likeness (QED) is 0.233. The van der Waals surface area contributed by atoms with E-state index in [-0.39, 0.29) is 0 Å². The summed E-state index contributed by atoms with van der Waals surface area (Å²) in [7, 11) is 0. The van der Waals surface area contributed by atoms with Crippen LogP contribution in [0.5, 0.6) is 0 Å². The Morgan fingerprint density at radius 1 is 0.425 bits per heavy atom. The van der Waals surface area contributed by atoms with Crippen LogP contribution in [0.25, 0.3) is 78.7 Å². The van der Waals surface area contributed by atoms with Crippen LogP contribution in [0.1, 0.15) is 0 Å². The van der Waals surface area contributed by atoms with Gasteiger partial charge in [0, 0.05) is 33.0 Å². The van der Waals surface area contributed by atoms with Crippen molar-refractivity contribution < 1.29 is 8.83 Å². The summed E-state index contributed by atoms with van der Waals surface area (Å²) >= 11 is 0. The van der Waals surface area contributed by atoms with Crippen LogP contribution < -0.4 is 0 Å². The largest absolute Gasteiger partial charge is 0.456 e. The van der Waals surface area contributed by atoms with Crippen molar-refractivity contribution in [3.63, 3.8) is 0 Å². The number of rotatable bonds is 4. The van der Waals surface area contributed by atoms with Crippen LogP contribution in [0.4, 0.5) is 0 Å². The SMILES string of the molecule is c1ccc(-c2nc(-c3ccccc3)nc(-c3cccc4oc5cc(-c6nc7ccccc7o6)ccc5c34)n2)cc1. The van der Waals surface area contributed by atoms with Crippen LogP contribution in [0.15, 0.2) is 130 Å². The Bertz CT molecular complexity index is 2080. The lowest BCUT2D eigenvalue weighted by Gasteiger charge is -2.09. The molecule has 0 N–H and O–H groups in total. The van der Waals surface area contributed by atoms with Gasteiger partial charge in [-0.15, -0.1) is 0 Å². The maximum Gasteiger partial charge on any atom is 0.227 e. The van der Waals surface area contributed by atoms with Crippen LogP contribution in [-0.4, -0.2) is 19.9 Å². The van der Waals surface area contributed by atoms with E-state index in [0.717, 1.165) is 55.3 Å². The minimum Gasteiger partial charge on any atom is -0.456 e.